The zero-order chi connectivity index (χ0) is 18.1. The molecule has 0 spiro atoms. The molecular formula is C18H15N5O3. The molecule has 1 amide bonds. The Morgan fingerprint density at radius 1 is 1.00 bits per heavy atom. The number of hydrogen-bond acceptors (Lipinski definition) is 4. The summed E-state index contributed by atoms with van der Waals surface area (Å²) >= 11 is 0. The molecule has 8 nitrogen and oxygen atoms in total. The number of imidazole rings is 1. The zero-order valence-electron chi connectivity index (χ0n) is 13.6. The van der Waals surface area contributed by atoms with E-state index in [9.17, 15) is 14.4 Å². The highest BCUT2D eigenvalue weighted by Gasteiger charge is 2.10. The third-order valence-corrected chi connectivity index (χ3v) is 4.17. The summed E-state index contributed by atoms with van der Waals surface area (Å²) in [5, 5.41) is 10.4. The molecule has 8 heteroatoms. The molecule has 0 aliphatic carbocycles. The number of nitrogens with zero attached hydrogens (tertiary/aromatic N) is 1. The maximum Gasteiger partial charge on any atom is 0.323 e. The van der Waals surface area contributed by atoms with E-state index in [0.717, 1.165) is 5.56 Å². The van der Waals surface area contributed by atoms with Crippen molar-refractivity contribution in [2.75, 3.05) is 0 Å². The van der Waals surface area contributed by atoms with Gasteiger partial charge in [-0.25, -0.2) is 9.89 Å². The number of hydrogen-bond donors (Lipinski definition) is 4. The Bertz CT molecular complexity index is 1230. The molecule has 2 aromatic carbocycles. The number of benzene rings is 2. The van der Waals surface area contributed by atoms with Crippen molar-refractivity contribution in [2.45, 2.75) is 13.0 Å². The number of aromatic amines is 3. The lowest BCUT2D eigenvalue weighted by Gasteiger charge is -2.07. The molecule has 4 rings (SSSR count). The molecule has 4 aromatic rings. The Balaban J connectivity index is 1.49. The van der Waals surface area contributed by atoms with Crippen LogP contribution >= 0.6 is 0 Å². The number of amides is 1. The first-order valence-electron chi connectivity index (χ1n) is 8.04. The SMILES string of the molecule is O=C(Cc1n[nH]c(=O)c2ccccc12)NCc1ccc2[nH]c(=O)[nH]c2c1. The second-order valence-electron chi connectivity index (χ2n) is 5.96. The number of carbonyl (C=O) groups is 1. The highest BCUT2D eigenvalue weighted by atomic mass is 16.2. The molecule has 0 saturated heterocycles. The van der Waals surface area contributed by atoms with Crippen LogP contribution < -0.4 is 16.6 Å². The van der Waals surface area contributed by atoms with Gasteiger partial charge in [-0.1, -0.05) is 24.3 Å². The highest BCUT2D eigenvalue weighted by molar-refractivity contribution is 5.88. The average Bonchev–Trinajstić information content (AvgIpc) is 3.02. The van der Waals surface area contributed by atoms with Gasteiger partial charge in [-0.05, 0) is 23.8 Å². The Labute approximate surface area is 146 Å². The number of nitrogens with one attached hydrogen (secondary N) is 4. The van der Waals surface area contributed by atoms with Crippen LogP contribution in [0, 0.1) is 0 Å². The van der Waals surface area contributed by atoms with Crippen LogP contribution in [0.15, 0.2) is 52.1 Å². The van der Waals surface area contributed by atoms with Crippen molar-refractivity contribution < 1.29 is 4.79 Å². The minimum absolute atomic E-state index is 0.0561. The van der Waals surface area contributed by atoms with Crippen LogP contribution in [0.1, 0.15) is 11.3 Å². The van der Waals surface area contributed by atoms with Crippen LogP contribution in [0.25, 0.3) is 21.8 Å². The summed E-state index contributed by atoms with van der Waals surface area (Å²) in [4.78, 5) is 40.7. The van der Waals surface area contributed by atoms with Crippen molar-refractivity contribution in [3.8, 4) is 0 Å². The first kappa shape index (κ1) is 15.8. The number of carbonyl (C=O) groups excluding carboxylic acids is 1. The Morgan fingerprint density at radius 2 is 1.77 bits per heavy atom. The molecule has 2 heterocycles. The predicted molar refractivity (Wildman–Crippen MR) is 96.8 cm³/mol. The van der Waals surface area contributed by atoms with Gasteiger partial charge in [-0.15, -0.1) is 0 Å². The van der Waals surface area contributed by atoms with E-state index < -0.39 is 0 Å². The molecule has 26 heavy (non-hydrogen) atoms. The topological polar surface area (TPSA) is 123 Å². The largest absolute Gasteiger partial charge is 0.352 e. The van der Waals surface area contributed by atoms with Crippen LogP contribution in [0.5, 0.6) is 0 Å². The summed E-state index contributed by atoms with van der Waals surface area (Å²) in [6.45, 7) is 0.323. The van der Waals surface area contributed by atoms with E-state index >= 15 is 0 Å². The van der Waals surface area contributed by atoms with Gasteiger partial charge in [0.05, 0.1) is 28.5 Å². The van der Waals surface area contributed by atoms with Crippen molar-refractivity contribution in [3.63, 3.8) is 0 Å². The zero-order valence-corrected chi connectivity index (χ0v) is 13.6. The number of aromatic nitrogens is 4. The molecule has 130 valence electrons. The molecule has 0 bridgehead atoms. The third-order valence-electron chi connectivity index (χ3n) is 4.17. The molecular weight excluding hydrogens is 334 g/mol. The first-order chi connectivity index (χ1) is 12.6. The van der Waals surface area contributed by atoms with Crippen molar-refractivity contribution in [2.24, 2.45) is 0 Å². The van der Waals surface area contributed by atoms with Gasteiger partial charge < -0.3 is 15.3 Å². The van der Waals surface area contributed by atoms with Gasteiger partial charge in [-0.3, -0.25) is 9.59 Å². The second kappa shape index (κ2) is 6.32. The molecule has 2 aromatic heterocycles. The summed E-state index contributed by atoms with van der Waals surface area (Å²) in [5.41, 5.74) is 2.24. The molecule has 0 aliphatic heterocycles. The normalized spacial score (nSPS) is 11.1. The molecule has 0 unspecified atom stereocenters. The van der Waals surface area contributed by atoms with Crippen LogP contribution in [0.3, 0.4) is 0 Å². The van der Waals surface area contributed by atoms with Crippen molar-refractivity contribution >= 4 is 27.7 Å². The van der Waals surface area contributed by atoms with E-state index in [1.807, 2.05) is 6.07 Å². The van der Waals surface area contributed by atoms with Crippen LogP contribution in [-0.4, -0.2) is 26.1 Å². The van der Waals surface area contributed by atoms with Gasteiger partial charge in [0.2, 0.25) is 5.91 Å². The monoisotopic (exact) mass is 349 g/mol. The summed E-state index contributed by atoms with van der Waals surface area (Å²) in [6, 6.07) is 12.5. The fraction of sp³-hybridized carbons (Fsp3) is 0.111. The van der Waals surface area contributed by atoms with Crippen LogP contribution in [0.4, 0.5) is 0 Å². The second-order valence-corrected chi connectivity index (χ2v) is 5.96. The molecule has 0 aliphatic rings. The predicted octanol–water partition coefficient (Wildman–Crippen LogP) is 0.952. The lowest BCUT2D eigenvalue weighted by molar-refractivity contribution is -0.120. The van der Waals surface area contributed by atoms with Gasteiger partial charge in [0.15, 0.2) is 0 Å². The van der Waals surface area contributed by atoms with Gasteiger partial charge in [0.1, 0.15) is 0 Å². The van der Waals surface area contributed by atoms with E-state index in [2.05, 4.69) is 25.5 Å². The quantitative estimate of drug-likeness (QED) is 0.438. The molecule has 4 N–H and O–H groups in total. The standard InChI is InChI=1S/C18H15N5O3/c24-16(8-14-11-3-1-2-4-12(11)17(25)23-22-14)19-9-10-5-6-13-15(7-10)21-18(26)20-13/h1-7H,8-9H2,(H,19,24)(H,23,25)(H2,20,21,26). The Kier molecular flexibility index (Phi) is 3.85. The summed E-state index contributed by atoms with van der Waals surface area (Å²) in [6.07, 6.45) is 0.0561. The summed E-state index contributed by atoms with van der Waals surface area (Å²) in [5.74, 6) is -0.211. The fourth-order valence-corrected chi connectivity index (χ4v) is 2.91. The lowest BCUT2D eigenvalue weighted by Crippen LogP contribution is -2.25. The summed E-state index contributed by atoms with van der Waals surface area (Å²) in [7, 11) is 0. The molecule has 0 saturated carbocycles. The highest BCUT2D eigenvalue weighted by Crippen LogP contribution is 2.13. The number of rotatable bonds is 4. The van der Waals surface area contributed by atoms with Gasteiger partial charge in [0.25, 0.3) is 5.56 Å². The molecule has 0 radical (unpaired) electrons. The van der Waals surface area contributed by atoms with Gasteiger partial charge in [-0.2, -0.15) is 5.10 Å². The van der Waals surface area contributed by atoms with E-state index in [1.54, 1.807) is 36.4 Å². The van der Waals surface area contributed by atoms with Crippen LogP contribution in [0.2, 0.25) is 0 Å². The first-order valence-corrected chi connectivity index (χ1v) is 8.04. The molecule has 0 fully saturated rings. The van der Waals surface area contributed by atoms with Crippen molar-refractivity contribution in [1.82, 2.24) is 25.5 Å². The van der Waals surface area contributed by atoms with Crippen LogP contribution in [-0.2, 0) is 17.8 Å². The lowest BCUT2D eigenvalue weighted by atomic mass is 10.1. The Hall–Kier alpha value is -3.68. The van der Waals surface area contributed by atoms with E-state index in [0.29, 0.717) is 34.0 Å². The van der Waals surface area contributed by atoms with E-state index in [4.69, 9.17) is 0 Å². The Morgan fingerprint density at radius 3 is 2.62 bits per heavy atom. The maximum atomic E-state index is 12.3. The fourth-order valence-electron chi connectivity index (χ4n) is 2.91. The average molecular weight is 349 g/mol. The minimum atomic E-state index is -0.279. The van der Waals surface area contributed by atoms with E-state index in [-0.39, 0.29) is 23.6 Å². The summed E-state index contributed by atoms with van der Waals surface area (Å²) < 4.78 is 0. The maximum absolute atomic E-state index is 12.3. The molecule has 0 atom stereocenters. The number of fused-ring (bicyclic) bond motifs is 2. The minimum Gasteiger partial charge on any atom is -0.352 e. The smallest absolute Gasteiger partial charge is 0.323 e. The van der Waals surface area contributed by atoms with Crippen molar-refractivity contribution in [1.29, 1.82) is 0 Å². The van der Waals surface area contributed by atoms with Gasteiger partial charge in [0, 0.05) is 11.9 Å². The third kappa shape index (κ3) is 3.00. The number of H-pyrrole nitrogens is 3. The van der Waals surface area contributed by atoms with Gasteiger partial charge >= 0.3 is 5.69 Å². The van der Waals surface area contributed by atoms with Crippen molar-refractivity contribution in [3.05, 3.63) is 74.6 Å². The van der Waals surface area contributed by atoms with E-state index in [1.165, 1.54) is 0 Å².